The van der Waals surface area contributed by atoms with Crippen LogP contribution in [0.1, 0.15) is 24.6 Å². The van der Waals surface area contributed by atoms with E-state index in [9.17, 15) is 9.50 Å². The van der Waals surface area contributed by atoms with Crippen molar-refractivity contribution in [2.75, 3.05) is 12.3 Å². The third-order valence-electron chi connectivity index (χ3n) is 3.77. The minimum atomic E-state index is -1.29. The van der Waals surface area contributed by atoms with Gasteiger partial charge in [0.1, 0.15) is 6.10 Å². The molecule has 3 heterocycles. The maximum Gasteiger partial charge on any atom is 0.328 e. The van der Waals surface area contributed by atoms with E-state index in [1.165, 1.54) is 10.7 Å². The number of imidazole rings is 1. The Labute approximate surface area is 124 Å². The molecule has 116 valence electrons. The molecule has 0 radical (unpaired) electrons. The van der Waals surface area contributed by atoms with Crippen molar-refractivity contribution in [2.24, 2.45) is 0 Å². The number of nitrogen functional groups attached to an aromatic ring is 1. The third-order valence-corrected chi connectivity index (χ3v) is 3.77. The Balaban J connectivity index is 2.02. The van der Waals surface area contributed by atoms with Crippen LogP contribution in [0.2, 0.25) is 0 Å². The first kappa shape index (κ1) is 14.6. The van der Waals surface area contributed by atoms with Gasteiger partial charge in [0, 0.05) is 19.4 Å². The fourth-order valence-corrected chi connectivity index (χ4v) is 2.66. The Hall–Kier alpha value is -2.28. The average Bonchev–Trinajstić information content (AvgIpc) is 3.02. The maximum atomic E-state index is 13.4. The summed E-state index contributed by atoms with van der Waals surface area (Å²) >= 11 is 0. The Kier molecular flexibility index (Phi) is 3.44. The second-order valence-corrected chi connectivity index (χ2v) is 5.05. The first-order chi connectivity index (χ1) is 10.5. The summed E-state index contributed by atoms with van der Waals surface area (Å²) in [6.45, 7) is -0.231. The number of halogens is 1. The highest BCUT2D eigenvalue weighted by Crippen LogP contribution is 2.41. The van der Waals surface area contributed by atoms with Crippen LogP contribution in [-0.4, -0.2) is 48.1 Å². The number of anilines is 1. The number of ether oxygens (including phenoxy) is 1. The number of nitrogens with two attached hydrogens (primary N) is 1. The van der Waals surface area contributed by atoms with Crippen LogP contribution in [0, 0.1) is 18.4 Å². The molecule has 4 N–H and O–H groups in total. The summed E-state index contributed by atoms with van der Waals surface area (Å²) in [5, 5.41) is 22.9. The van der Waals surface area contributed by atoms with Gasteiger partial charge in [0.05, 0.1) is 18.0 Å². The SMILES string of the molecule is C#CC1(CCO)OC(c2cnc3c(N)nc(F)nn23)CC1O. The summed E-state index contributed by atoms with van der Waals surface area (Å²) in [7, 11) is 0. The number of nitrogens with zero attached hydrogens (tertiary/aromatic N) is 4. The van der Waals surface area contributed by atoms with Gasteiger partial charge in [-0.15, -0.1) is 11.5 Å². The first-order valence-corrected chi connectivity index (χ1v) is 6.62. The van der Waals surface area contributed by atoms with E-state index in [1.54, 1.807) is 0 Å². The summed E-state index contributed by atoms with van der Waals surface area (Å²) in [6, 6.07) is 0. The molecular weight excluding hydrogens is 293 g/mol. The van der Waals surface area contributed by atoms with Crippen molar-refractivity contribution in [3.8, 4) is 12.3 Å². The summed E-state index contributed by atoms with van der Waals surface area (Å²) in [6.07, 6.45) is 4.51. The Bertz CT molecular complexity index is 758. The van der Waals surface area contributed by atoms with Crippen molar-refractivity contribution in [1.29, 1.82) is 0 Å². The molecule has 8 nitrogen and oxygen atoms in total. The normalized spacial score (nSPS) is 28.1. The van der Waals surface area contributed by atoms with Crippen molar-refractivity contribution in [1.82, 2.24) is 19.6 Å². The zero-order valence-electron chi connectivity index (χ0n) is 11.5. The molecule has 3 atom stereocenters. The second-order valence-electron chi connectivity index (χ2n) is 5.05. The molecule has 1 fully saturated rings. The lowest BCUT2D eigenvalue weighted by Gasteiger charge is -2.25. The maximum absolute atomic E-state index is 13.4. The monoisotopic (exact) mass is 307 g/mol. The van der Waals surface area contributed by atoms with E-state index in [1.807, 2.05) is 0 Å². The third kappa shape index (κ3) is 2.09. The van der Waals surface area contributed by atoms with E-state index in [2.05, 4.69) is 21.0 Å². The van der Waals surface area contributed by atoms with Crippen LogP contribution >= 0.6 is 0 Å². The smallest absolute Gasteiger partial charge is 0.328 e. The Morgan fingerprint density at radius 1 is 1.64 bits per heavy atom. The van der Waals surface area contributed by atoms with E-state index in [-0.39, 0.29) is 30.9 Å². The molecule has 0 saturated carbocycles. The number of hydrogen-bond donors (Lipinski definition) is 3. The van der Waals surface area contributed by atoms with Crippen LogP contribution in [-0.2, 0) is 4.74 Å². The second kappa shape index (κ2) is 5.17. The summed E-state index contributed by atoms with van der Waals surface area (Å²) in [4.78, 5) is 7.42. The summed E-state index contributed by atoms with van der Waals surface area (Å²) in [5.41, 5.74) is 4.89. The molecule has 3 rings (SSSR count). The van der Waals surface area contributed by atoms with Crippen LogP contribution in [0.3, 0.4) is 0 Å². The molecule has 9 heteroatoms. The van der Waals surface area contributed by atoms with Crippen LogP contribution in [0.15, 0.2) is 6.20 Å². The van der Waals surface area contributed by atoms with Crippen molar-refractivity contribution < 1.29 is 19.3 Å². The molecule has 1 saturated heterocycles. The molecule has 0 aliphatic carbocycles. The van der Waals surface area contributed by atoms with Gasteiger partial charge in [0.2, 0.25) is 0 Å². The molecule has 2 aromatic heterocycles. The molecule has 0 aromatic carbocycles. The Morgan fingerprint density at radius 3 is 3.09 bits per heavy atom. The molecule has 22 heavy (non-hydrogen) atoms. The number of terminal acetylenes is 1. The minimum absolute atomic E-state index is 0.0867. The van der Waals surface area contributed by atoms with Gasteiger partial charge >= 0.3 is 6.08 Å². The molecule has 0 spiro atoms. The molecule has 0 amide bonds. The van der Waals surface area contributed by atoms with E-state index in [4.69, 9.17) is 22.0 Å². The predicted molar refractivity (Wildman–Crippen MR) is 72.9 cm³/mol. The number of aliphatic hydroxyl groups is 2. The molecule has 1 aliphatic rings. The summed E-state index contributed by atoms with van der Waals surface area (Å²) in [5.74, 6) is 2.30. The molecule has 3 unspecified atom stereocenters. The quantitative estimate of drug-likeness (QED) is 0.649. The van der Waals surface area contributed by atoms with Gasteiger partial charge in [0.15, 0.2) is 17.1 Å². The highest BCUT2D eigenvalue weighted by atomic mass is 19.1. The number of fused-ring (bicyclic) bond motifs is 1. The van der Waals surface area contributed by atoms with Crippen LogP contribution in [0.25, 0.3) is 5.65 Å². The van der Waals surface area contributed by atoms with Crippen LogP contribution in [0.4, 0.5) is 10.2 Å². The zero-order chi connectivity index (χ0) is 15.9. The minimum Gasteiger partial charge on any atom is -0.396 e. The number of aromatic nitrogens is 4. The fourth-order valence-electron chi connectivity index (χ4n) is 2.66. The lowest BCUT2D eigenvalue weighted by atomic mass is 9.94. The van der Waals surface area contributed by atoms with Crippen molar-refractivity contribution in [2.45, 2.75) is 30.7 Å². The molecule has 0 bridgehead atoms. The lowest BCUT2D eigenvalue weighted by molar-refractivity contribution is -0.0557. The van der Waals surface area contributed by atoms with E-state index in [0.29, 0.717) is 5.69 Å². The highest BCUT2D eigenvalue weighted by molar-refractivity contribution is 5.59. The predicted octanol–water partition coefficient (Wildman–Crippen LogP) is -0.578. The number of hydrogen-bond acceptors (Lipinski definition) is 7. The van der Waals surface area contributed by atoms with Gasteiger partial charge in [-0.2, -0.15) is 9.37 Å². The van der Waals surface area contributed by atoms with Gasteiger partial charge in [-0.3, -0.25) is 0 Å². The topological polar surface area (TPSA) is 119 Å². The van der Waals surface area contributed by atoms with Gasteiger partial charge in [-0.05, 0) is 0 Å². The van der Waals surface area contributed by atoms with Crippen molar-refractivity contribution >= 4 is 11.5 Å². The van der Waals surface area contributed by atoms with Gasteiger partial charge in [-0.25, -0.2) is 9.50 Å². The van der Waals surface area contributed by atoms with Crippen LogP contribution in [0.5, 0.6) is 0 Å². The van der Waals surface area contributed by atoms with Crippen LogP contribution < -0.4 is 5.73 Å². The fraction of sp³-hybridized carbons (Fsp3) is 0.462. The lowest BCUT2D eigenvalue weighted by Crippen LogP contribution is -2.38. The largest absolute Gasteiger partial charge is 0.396 e. The number of aliphatic hydroxyl groups excluding tert-OH is 2. The molecular formula is C13H14FN5O3. The van der Waals surface area contributed by atoms with Crippen molar-refractivity contribution in [3.63, 3.8) is 0 Å². The zero-order valence-corrected chi connectivity index (χ0v) is 11.5. The number of rotatable bonds is 3. The van der Waals surface area contributed by atoms with E-state index >= 15 is 0 Å². The van der Waals surface area contributed by atoms with Gasteiger partial charge in [-0.1, -0.05) is 5.92 Å². The molecule has 2 aromatic rings. The van der Waals surface area contributed by atoms with Crippen molar-refractivity contribution in [3.05, 3.63) is 18.0 Å². The van der Waals surface area contributed by atoms with E-state index < -0.39 is 23.9 Å². The standard InChI is InChI=1S/C13H14FN5O3/c1-2-13(3-4-20)9(21)5-8(22-13)7-6-16-11-10(15)17-12(14)18-19(7)11/h1,6,8-9,20-21H,3-5H2,(H2,15,17,18). The van der Waals surface area contributed by atoms with Gasteiger partial charge < -0.3 is 20.7 Å². The highest BCUT2D eigenvalue weighted by Gasteiger charge is 2.48. The van der Waals surface area contributed by atoms with E-state index in [0.717, 1.165) is 0 Å². The molecule has 1 aliphatic heterocycles. The Morgan fingerprint density at radius 2 is 2.41 bits per heavy atom. The average molecular weight is 307 g/mol. The first-order valence-electron chi connectivity index (χ1n) is 6.62. The summed E-state index contributed by atoms with van der Waals surface area (Å²) < 4.78 is 20.3. The van der Waals surface area contributed by atoms with Gasteiger partial charge in [0.25, 0.3) is 0 Å².